The fourth-order valence-electron chi connectivity index (χ4n) is 2.11. The van der Waals surface area contributed by atoms with Gasteiger partial charge in [-0.2, -0.15) is 0 Å². The number of ether oxygens (including phenoxy) is 1. The summed E-state index contributed by atoms with van der Waals surface area (Å²) in [5.41, 5.74) is 0.910. The highest BCUT2D eigenvalue weighted by Crippen LogP contribution is 2.23. The summed E-state index contributed by atoms with van der Waals surface area (Å²) in [7, 11) is 0. The maximum atomic E-state index is 12.1. The van der Waals surface area contributed by atoms with E-state index in [1.54, 1.807) is 6.26 Å². The van der Waals surface area contributed by atoms with Crippen LogP contribution in [0.25, 0.3) is 0 Å². The van der Waals surface area contributed by atoms with Crippen molar-refractivity contribution in [2.75, 3.05) is 6.61 Å². The van der Waals surface area contributed by atoms with E-state index < -0.39 is 0 Å². The number of ketones is 1. The molecule has 0 saturated carbocycles. The lowest BCUT2D eigenvalue weighted by Crippen LogP contribution is -2.19. The molecule has 2 nitrogen and oxygen atoms in total. The van der Waals surface area contributed by atoms with Gasteiger partial charge in [0, 0.05) is 11.5 Å². The molecule has 0 aromatic heterocycles. The molecule has 86 valence electrons. The molecular formula is C13H22O2. The summed E-state index contributed by atoms with van der Waals surface area (Å²) < 4.78 is 5.23. The van der Waals surface area contributed by atoms with E-state index in [1.165, 1.54) is 0 Å². The Hall–Kier alpha value is -0.790. The normalized spacial score (nSPS) is 16.1. The van der Waals surface area contributed by atoms with Crippen LogP contribution in [-0.4, -0.2) is 12.4 Å². The molecule has 0 spiro atoms. The summed E-state index contributed by atoms with van der Waals surface area (Å²) in [5.74, 6) is 0.561. The molecule has 15 heavy (non-hydrogen) atoms. The summed E-state index contributed by atoms with van der Waals surface area (Å²) in [5, 5.41) is 0. The van der Waals surface area contributed by atoms with Crippen LogP contribution in [0.5, 0.6) is 0 Å². The van der Waals surface area contributed by atoms with Crippen LogP contribution < -0.4 is 0 Å². The minimum atomic E-state index is 0.230. The minimum Gasteiger partial charge on any atom is -0.501 e. The average molecular weight is 210 g/mol. The standard InChI is InChI=1S/C13H22O2/c1-3-6-11(7-4-2)13(14)12-8-5-9-15-10-12/h10-11H,3-9H2,1-2H3. The van der Waals surface area contributed by atoms with Crippen molar-refractivity contribution in [1.29, 1.82) is 0 Å². The lowest BCUT2D eigenvalue weighted by molar-refractivity contribution is -0.120. The molecule has 1 rings (SSSR count). The van der Waals surface area contributed by atoms with Gasteiger partial charge in [-0.3, -0.25) is 4.79 Å². The first-order chi connectivity index (χ1) is 7.29. The van der Waals surface area contributed by atoms with Crippen molar-refractivity contribution in [2.45, 2.75) is 52.4 Å². The van der Waals surface area contributed by atoms with E-state index in [9.17, 15) is 4.79 Å². The average Bonchev–Trinajstić information content (AvgIpc) is 2.29. The van der Waals surface area contributed by atoms with Crippen LogP contribution in [-0.2, 0) is 9.53 Å². The van der Waals surface area contributed by atoms with E-state index in [-0.39, 0.29) is 5.92 Å². The van der Waals surface area contributed by atoms with Gasteiger partial charge < -0.3 is 4.74 Å². The monoisotopic (exact) mass is 210 g/mol. The molecule has 1 heterocycles. The van der Waals surface area contributed by atoms with Gasteiger partial charge in [-0.05, 0) is 25.7 Å². The fourth-order valence-corrected chi connectivity index (χ4v) is 2.11. The van der Waals surface area contributed by atoms with Crippen LogP contribution >= 0.6 is 0 Å². The van der Waals surface area contributed by atoms with E-state index >= 15 is 0 Å². The first-order valence-electron chi connectivity index (χ1n) is 6.14. The van der Waals surface area contributed by atoms with E-state index in [2.05, 4.69) is 13.8 Å². The van der Waals surface area contributed by atoms with Crippen molar-refractivity contribution in [2.24, 2.45) is 5.92 Å². The second-order valence-corrected chi connectivity index (χ2v) is 4.26. The molecule has 0 saturated heterocycles. The maximum Gasteiger partial charge on any atom is 0.164 e. The van der Waals surface area contributed by atoms with Crippen LogP contribution in [0.15, 0.2) is 11.8 Å². The van der Waals surface area contributed by atoms with Gasteiger partial charge in [0.15, 0.2) is 5.78 Å². The second-order valence-electron chi connectivity index (χ2n) is 4.26. The number of hydrogen-bond donors (Lipinski definition) is 0. The van der Waals surface area contributed by atoms with Gasteiger partial charge in [-0.25, -0.2) is 0 Å². The van der Waals surface area contributed by atoms with Crippen molar-refractivity contribution in [3.05, 3.63) is 11.8 Å². The third-order valence-corrected chi connectivity index (χ3v) is 2.90. The van der Waals surface area contributed by atoms with Gasteiger partial charge >= 0.3 is 0 Å². The van der Waals surface area contributed by atoms with Crippen molar-refractivity contribution in [3.8, 4) is 0 Å². The van der Waals surface area contributed by atoms with Crippen LogP contribution in [0.3, 0.4) is 0 Å². The summed E-state index contributed by atoms with van der Waals surface area (Å²) in [6, 6.07) is 0. The number of Topliss-reactive ketones (excluding diaryl/α,β-unsaturated/α-hetero) is 1. The molecule has 0 amide bonds. The molecule has 0 N–H and O–H groups in total. The molecule has 0 atom stereocenters. The molecule has 1 aliphatic heterocycles. The molecule has 0 fully saturated rings. The highest BCUT2D eigenvalue weighted by Gasteiger charge is 2.21. The van der Waals surface area contributed by atoms with Crippen molar-refractivity contribution < 1.29 is 9.53 Å². The number of allylic oxidation sites excluding steroid dienone is 1. The van der Waals surface area contributed by atoms with Gasteiger partial charge in [0.05, 0.1) is 12.9 Å². The topological polar surface area (TPSA) is 26.3 Å². The van der Waals surface area contributed by atoms with E-state index in [0.717, 1.165) is 50.7 Å². The highest BCUT2D eigenvalue weighted by atomic mass is 16.5. The SMILES string of the molecule is CCCC(CCC)C(=O)C1=COCCC1. The van der Waals surface area contributed by atoms with E-state index in [1.807, 2.05) is 0 Å². The molecule has 2 heteroatoms. The Morgan fingerprint density at radius 1 is 1.40 bits per heavy atom. The Labute approximate surface area is 92.7 Å². The summed E-state index contributed by atoms with van der Waals surface area (Å²) in [6.07, 6.45) is 7.79. The Morgan fingerprint density at radius 2 is 2.07 bits per heavy atom. The lowest BCUT2D eigenvalue weighted by Gasteiger charge is -2.18. The Bertz CT molecular complexity index is 225. The molecule has 1 aliphatic rings. The van der Waals surface area contributed by atoms with Crippen LogP contribution in [0, 0.1) is 5.92 Å². The summed E-state index contributed by atoms with van der Waals surface area (Å²) >= 11 is 0. The second kappa shape index (κ2) is 6.65. The predicted molar refractivity (Wildman–Crippen MR) is 61.6 cm³/mol. The lowest BCUT2D eigenvalue weighted by atomic mass is 9.88. The molecule has 0 aromatic carbocycles. The zero-order valence-corrected chi connectivity index (χ0v) is 9.92. The Morgan fingerprint density at radius 3 is 2.53 bits per heavy atom. The largest absolute Gasteiger partial charge is 0.501 e. The van der Waals surface area contributed by atoms with Crippen LogP contribution in [0.1, 0.15) is 52.4 Å². The first-order valence-corrected chi connectivity index (χ1v) is 6.14. The van der Waals surface area contributed by atoms with Crippen molar-refractivity contribution >= 4 is 5.78 Å². The third kappa shape index (κ3) is 3.69. The molecule has 0 bridgehead atoms. The van der Waals surface area contributed by atoms with E-state index in [0.29, 0.717) is 5.78 Å². The van der Waals surface area contributed by atoms with Crippen LogP contribution in [0.4, 0.5) is 0 Å². The molecule has 0 aromatic rings. The third-order valence-electron chi connectivity index (χ3n) is 2.90. The Kier molecular flexibility index (Phi) is 5.44. The predicted octanol–water partition coefficient (Wildman–Crippen LogP) is 3.47. The van der Waals surface area contributed by atoms with Gasteiger partial charge in [0.1, 0.15) is 0 Å². The van der Waals surface area contributed by atoms with Gasteiger partial charge in [0.2, 0.25) is 0 Å². The number of rotatable bonds is 6. The number of carbonyl (C=O) groups is 1. The molecular weight excluding hydrogens is 188 g/mol. The molecule has 0 unspecified atom stereocenters. The fraction of sp³-hybridized carbons (Fsp3) is 0.769. The summed E-state index contributed by atoms with van der Waals surface area (Å²) in [4.78, 5) is 12.1. The van der Waals surface area contributed by atoms with Gasteiger partial charge in [0.25, 0.3) is 0 Å². The number of hydrogen-bond acceptors (Lipinski definition) is 2. The first kappa shape index (κ1) is 12.3. The smallest absolute Gasteiger partial charge is 0.164 e. The van der Waals surface area contributed by atoms with Crippen LogP contribution in [0.2, 0.25) is 0 Å². The molecule has 0 radical (unpaired) electrons. The van der Waals surface area contributed by atoms with Crippen molar-refractivity contribution in [1.82, 2.24) is 0 Å². The van der Waals surface area contributed by atoms with Gasteiger partial charge in [-0.15, -0.1) is 0 Å². The zero-order valence-electron chi connectivity index (χ0n) is 9.92. The maximum absolute atomic E-state index is 12.1. The zero-order chi connectivity index (χ0) is 11.1. The quantitative estimate of drug-likeness (QED) is 0.671. The van der Waals surface area contributed by atoms with E-state index in [4.69, 9.17) is 4.74 Å². The number of carbonyl (C=O) groups excluding carboxylic acids is 1. The highest BCUT2D eigenvalue weighted by molar-refractivity contribution is 5.96. The Balaban J connectivity index is 2.57. The van der Waals surface area contributed by atoms with Gasteiger partial charge in [-0.1, -0.05) is 26.7 Å². The van der Waals surface area contributed by atoms with Crippen molar-refractivity contribution in [3.63, 3.8) is 0 Å². The molecule has 0 aliphatic carbocycles. The minimum absolute atomic E-state index is 0.230. The summed E-state index contributed by atoms with van der Waals surface area (Å²) in [6.45, 7) is 5.05.